The minimum absolute atomic E-state index is 1.11. The standard InChI is InChI=1S/C68H52N2/c1-45-31-37-59(51-23-13-7-14-24-51)47(3)67(45)69(57-29-17-27-55(43-57)49-19-9-5-10-20-49)63-41-35-53-34-40-62-64(42-36-54-33-39-61(63)65(53)66(54)62)70(58-30-18-28-56(44-58)50-21-11-6-12-22-50)68-46(2)32-38-60(48(68)4)52-25-15-8-16-26-52/h5-44H,1-4H3. The van der Waals surface area contributed by atoms with Gasteiger partial charge in [-0.05, 0) is 152 Å². The van der Waals surface area contributed by atoms with Crippen LogP contribution in [-0.2, 0) is 0 Å². The van der Waals surface area contributed by atoms with E-state index >= 15 is 0 Å². The van der Waals surface area contributed by atoms with Gasteiger partial charge in [-0.3, -0.25) is 0 Å². The highest BCUT2D eigenvalue weighted by atomic mass is 15.2. The largest absolute Gasteiger partial charge is 0.309 e. The van der Waals surface area contributed by atoms with Crippen LogP contribution in [0.1, 0.15) is 22.3 Å². The van der Waals surface area contributed by atoms with Crippen LogP contribution >= 0.6 is 0 Å². The van der Waals surface area contributed by atoms with E-state index in [2.05, 4.69) is 280 Å². The van der Waals surface area contributed by atoms with Crippen LogP contribution in [0.25, 0.3) is 76.8 Å². The van der Waals surface area contributed by atoms with Crippen LogP contribution in [0, 0.1) is 27.7 Å². The molecule has 0 amide bonds. The van der Waals surface area contributed by atoms with E-state index in [1.54, 1.807) is 0 Å². The molecule has 0 saturated heterocycles. The fourth-order valence-corrected chi connectivity index (χ4v) is 11.1. The highest BCUT2D eigenvalue weighted by Crippen LogP contribution is 2.51. The van der Waals surface area contributed by atoms with Crippen LogP contribution in [0.5, 0.6) is 0 Å². The van der Waals surface area contributed by atoms with Crippen molar-refractivity contribution in [2.45, 2.75) is 27.7 Å². The van der Waals surface area contributed by atoms with Gasteiger partial charge in [-0.25, -0.2) is 0 Å². The number of benzene rings is 12. The topological polar surface area (TPSA) is 6.48 Å². The van der Waals surface area contributed by atoms with Crippen molar-refractivity contribution in [3.05, 3.63) is 265 Å². The second-order valence-electron chi connectivity index (χ2n) is 18.6. The first kappa shape index (κ1) is 42.6. The summed E-state index contributed by atoms with van der Waals surface area (Å²) >= 11 is 0. The van der Waals surface area contributed by atoms with E-state index in [-0.39, 0.29) is 0 Å². The summed E-state index contributed by atoms with van der Waals surface area (Å²) < 4.78 is 0. The number of aryl methyl sites for hydroxylation is 2. The Labute approximate surface area is 411 Å². The van der Waals surface area contributed by atoms with E-state index in [1.807, 2.05) is 0 Å². The van der Waals surface area contributed by atoms with Crippen LogP contribution in [0.2, 0.25) is 0 Å². The summed E-state index contributed by atoms with van der Waals surface area (Å²) in [6.07, 6.45) is 0. The molecule has 0 heterocycles. The molecule has 12 rings (SSSR count). The van der Waals surface area contributed by atoms with Crippen molar-refractivity contribution in [3.63, 3.8) is 0 Å². The molecular formula is C68H52N2. The zero-order valence-corrected chi connectivity index (χ0v) is 40.0. The molecule has 0 fully saturated rings. The Bertz CT molecular complexity index is 3600. The van der Waals surface area contributed by atoms with Gasteiger partial charge in [0.15, 0.2) is 0 Å². The van der Waals surface area contributed by atoms with Crippen LogP contribution < -0.4 is 9.80 Å². The number of anilines is 6. The van der Waals surface area contributed by atoms with Crippen LogP contribution in [0.15, 0.2) is 243 Å². The zero-order chi connectivity index (χ0) is 47.3. The molecule has 0 aliphatic rings. The lowest BCUT2D eigenvalue weighted by Crippen LogP contribution is -2.15. The summed E-state index contributed by atoms with van der Waals surface area (Å²) in [5.74, 6) is 0. The van der Waals surface area contributed by atoms with Gasteiger partial charge in [-0.2, -0.15) is 0 Å². The number of hydrogen-bond acceptors (Lipinski definition) is 2. The maximum absolute atomic E-state index is 2.53. The van der Waals surface area contributed by atoms with Crippen molar-refractivity contribution < 1.29 is 0 Å². The summed E-state index contributed by atoms with van der Waals surface area (Å²) in [7, 11) is 0. The van der Waals surface area contributed by atoms with Crippen LogP contribution in [0.4, 0.5) is 34.1 Å². The van der Waals surface area contributed by atoms with Gasteiger partial charge in [0.25, 0.3) is 0 Å². The maximum atomic E-state index is 2.53. The highest BCUT2D eigenvalue weighted by Gasteiger charge is 2.26. The third-order valence-electron chi connectivity index (χ3n) is 14.4. The molecule has 2 nitrogen and oxygen atoms in total. The summed E-state index contributed by atoms with van der Waals surface area (Å²) in [4.78, 5) is 5.05. The fourth-order valence-electron chi connectivity index (χ4n) is 11.1. The fraction of sp³-hybridized carbons (Fsp3) is 0.0588. The summed E-state index contributed by atoms with van der Waals surface area (Å²) in [5.41, 5.74) is 21.4. The third-order valence-corrected chi connectivity index (χ3v) is 14.4. The zero-order valence-electron chi connectivity index (χ0n) is 40.0. The molecule has 0 unspecified atom stereocenters. The lowest BCUT2D eigenvalue weighted by Gasteiger charge is -2.33. The molecule has 0 bridgehead atoms. The quantitative estimate of drug-likeness (QED) is 0.126. The Balaban J connectivity index is 1.12. The van der Waals surface area contributed by atoms with Crippen molar-refractivity contribution in [2.24, 2.45) is 0 Å². The number of hydrogen-bond donors (Lipinski definition) is 0. The SMILES string of the molecule is Cc1ccc(-c2ccccc2)c(C)c1N(c1cccc(-c2ccccc2)c1)c1ccc2ccc3c(N(c4cccc(-c5ccccc5)c4)c4c(C)ccc(-c5ccccc5)c4C)ccc4ccc1c2c43. The second kappa shape index (κ2) is 17.7. The van der Waals surface area contributed by atoms with Crippen molar-refractivity contribution in [1.29, 1.82) is 0 Å². The molecule has 0 spiro atoms. The van der Waals surface area contributed by atoms with Gasteiger partial charge in [0.1, 0.15) is 0 Å². The summed E-state index contributed by atoms with van der Waals surface area (Å²) in [5, 5.41) is 7.37. The van der Waals surface area contributed by atoms with Gasteiger partial charge >= 0.3 is 0 Å². The van der Waals surface area contributed by atoms with Crippen molar-refractivity contribution in [3.8, 4) is 44.5 Å². The molecule has 12 aromatic carbocycles. The molecular weight excluding hydrogens is 845 g/mol. The Morgan fingerprint density at radius 3 is 1.00 bits per heavy atom. The minimum atomic E-state index is 1.11. The van der Waals surface area contributed by atoms with Crippen molar-refractivity contribution in [1.82, 2.24) is 0 Å². The predicted octanol–water partition coefficient (Wildman–Crippen LogP) is 19.4. The Morgan fingerprint density at radius 1 is 0.271 bits per heavy atom. The normalized spacial score (nSPS) is 11.4. The Hall–Kier alpha value is -8.72. The molecule has 334 valence electrons. The molecule has 70 heavy (non-hydrogen) atoms. The first-order valence-corrected chi connectivity index (χ1v) is 24.3. The Morgan fingerprint density at radius 2 is 0.614 bits per heavy atom. The van der Waals surface area contributed by atoms with Gasteiger partial charge < -0.3 is 9.80 Å². The third kappa shape index (κ3) is 7.37. The molecule has 0 atom stereocenters. The molecule has 2 heteroatoms. The smallest absolute Gasteiger partial charge is 0.0540 e. The molecule has 0 saturated carbocycles. The molecule has 0 radical (unpaired) electrons. The monoisotopic (exact) mass is 896 g/mol. The lowest BCUT2D eigenvalue weighted by atomic mass is 9.90. The molecule has 12 aromatic rings. The average molecular weight is 897 g/mol. The number of nitrogens with zero attached hydrogens (tertiary/aromatic N) is 2. The van der Waals surface area contributed by atoms with Crippen LogP contribution in [-0.4, -0.2) is 0 Å². The van der Waals surface area contributed by atoms with Crippen LogP contribution in [0.3, 0.4) is 0 Å². The van der Waals surface area contributed by atoms with Gasteiger partial charge in [0.2, 0.25) is 0 Å². The molecule has 0 aliphatic heterocycles. The molecule has 0 N–H and O–H groups in total. The average Bonchev–Trinajstić information content (AvgIpc) is 3.41. The van der Waals surface area contributed by atoms with E-state index in [9.17, 15) is 0 Å². The molecule has 0 aliphatic carbocycles. The minimum Gasteiger partial charge on any atom is -0.309 e. The van der Waals surface area contributed by atoms with E-state index in [4.69, 9.17) is 0 Å². The summed E-state index contributed by atoms with van der Waals surface area (Å²) in [6, 6.07) is 89.1. The lowest BCUT2D eigenvalue weighted by molar-refractivity contribution is 1.23. The van der Waals surface area contributed by atoms with Gasteiger partial charge in [-0.1, -0.05) is 206 Å². The van der Waals surface area contributed by atoms with Crippen molar-refractivity contribution in [2.75, 3.05) is 9.80 Å². The van der Waals surface area contributed by atoms with E-state index < -0.39 is 0 Å². The van der Waals surface area contributed by atoms with E-state index in [0.29, 0.717) is 0 Å². The van der Waals surface area contributed by atoms with E-state index in [1.165, 1.54) is 110 Å². The van der Waals surface area contributed by atoms with Gasteiger partial charge in [0, 0.05) is 22.1 Å². The first-order valence-electron chi connectivity index (χ1n) is 24.3. The van der Waals surface area contributed by atoms with E-state index in [0.717, 1.165) is 22.7 Å². The summed E-state index contributed by atoms with van der Waals surface area (Å²) in [6.45, 7) is 9.09. The first-order chi connectivity index (χ1) is 34.4. The number of rotatable bonds is 10. The Kier molecular flexibility index (Phi) is 10.8. The highest BCUT2D eigenvalue weighted by molar-refractivity contribution is 6.28. The maximum Gasteiger partial charge on any atom is 0.0540 e. The van der Waals surface area contributed by atoms with Gasteiger partial charge in [-0.15, -0.1) is 0 Å². The predicted molar refractivity (Wildman–Crippen MR) is 300 cm³/mol. The van der Waals surface area contributed by atoms with Gasteiger partial charge in [0.05, 0.1) is 22.7 Å². The molecule has 0 aromatic heterocycles. The second-order valence-corrected chi connectivity index (χ2v) is 18.6. The van der Waals surface area contributed by atoms with Crippen molar-refractivity contribution >= 4 is 66.4 Å².